The van der Waals surface area contributed by atoms with E-state index in [4.69, 9.17) is 4.74 Å². The largest absolute Gasteiger partial charge is 0.365 e. The van der Waals surface area contributed by atoms with Crippen molar-refractivity contribution in [3.05, 3.63) is 34.5 Å². The van der Waals surface area contributed by atoms with Crippen molar-refractivity contribution in [2.24, 2.45) is 7.05 Å². The minimum absolute atomic E-state index is 0.0802. The fourth-order valence-corrected chi connectivity index (χ4v) is 2.27. The highest BCUT2D eigenvalue weighted by atomic mass is 32.1. The monoisotopic (exact) mass is 252 g/mol. The third-order valence-electron chi connectivity index (χ3n) is 2.47. The van der Waals surface area contributed by atoms with Gasteiger partial charge in [-0.2, -0.15) is 5.10 Å². The molecule has 2 rings (SSSR count). The Morgan fingerprint density at radius 2 is 2.47 bits per heavy atom. The van der Waals surface area contributed by atoms with Gasteiger partial charge in [0.05, 0.1) is 22.7 Å². The molecule has 0 spiro atoms. The molecule has 0 aliphatic rings. The van der Waals surface area contributed by atoms with Crippen molar-refractivity contribution in [2.45, 2.75) is 6.10 Å². The summed E-state index contributed by atoms with van der Waals surface area (Å²) < 4.78 is 7.74. The van der Waals surface area contributed by atoms with Crippen LogP contribution in [0.15, 0.2) is 24.0 Å². The van der Waals surface area contributed by atoms with Gasteiger partial charge in [-0.3, -0.25) is 9.67 Å². The molecule has 0 bridgehead atoms. The number of nitrogens with one attached hydrogen (secondary N) is 1. The molecule has 0 aliphatic carbocycles. The zero-order chi connectivity index (χ0) is 12.1. The Labute approximate surface area is 104 Å². The minimum Gasteiger partial charge on any atom is -0.365 e. The molecule has 0 radical (unpaired) electrons. The van der Waals surface area contributed by atoms with E-state index >= 15 is 0 Å². The van der Waals surface area contributed by atoms with Gasteiger partial charge in [-0.05, 0) is 13.1 Å². The fraction of sp³-hybridized carbons (Fsp3) is 0.455. The molecule has 0 amide bonds. The maximum Gasteiger partial charge on any atom is 0.135 e. The van der Waals surface area contributed by atoms with Crippen LogP contribution in [0.5, 0.6) is 0 Å². The molecule has 2 aromatic heterocycles. The summed E-state index contributed by atoms with van der Waals surface area (Å²) >= 11 is 1.60. The molecule has 2 heterocycles. The molecule has 6 heteroatoms. The van der Waals surface area contributed by atoms with Crippen molar-refractivity contribution < 1.29 is 4.74 Å². The van der Waals surface area contributed by atoms with E-state index in [9.17, 15) is 0 Å². The van der Waals surface area contributed by atoms with E-state index < -0.39 is 0 Å². The van der Waals surface area contributed by atoms with Crippen LogP contribution >= 0.6 is 11.3 Å². The molecule has 2 aromatic rings. The number of hydrogen-bond acceptors (Lipinski definition) is 5. The first-order chi connectivity index (χ1) is 8.33. The number of aryl methyl sites for hydroxylation is 1. The van der Waals surface area contributed by atoms with Gasteiger partial charge in [0, 0.05) is 26.0 Å². The van der Waals surface area contributed by atoms with Crippen LogP contribution in [0.2, 0.25) is 0 Å². The van der Waals surface area contributed by atoms with E-state index in [1.807, 2.05) is 36.6 Å². The molecule has 1 unspecified atom stereocenters. The van der Waals surface area contributed by atoms with E-state index in [1.165, 1.54) is 0 Å². The summed E-state index contributed by atoms with van der Waals surface area (Å²) in [5, 5.41) is 7.25. The molecule has 1 atom stereocenters. The predicted molar refractivity (Wildman–Crippen MR) is 67.0 cm³/mol. The van der Waals surface area contributed by atoms with Crippen molar-refractivity contribution >= 4 is 11.3 Å². The second-order valence-corrected chi connectivity index (χ2v) is 4.56. The van der Waals surface area contributed by atoms with Gasteiger partial charge in [0.1, 0.15) is 6.10 Å². The Kier molecular flexibility index (Phi) is 4.24. The van der Waals surface area contributed by atoms with Crippen LogP contribution in [-0.2, 0) is 11.8 Å². The van der Waals surface area contributed by atoms with Crippen LogP contribution in [0.3, 0.4) is 0 Å². The number of thiazole rings is 1. The van der Waals surface area contributed by atoms with E-state index in [0.717, 1.165) is 17.1 Å². The summed E-state index contributed by atoms with van der Waals surface area (Å²) in [5.74, 6) is 0. The minimum atomic E-state index is -0.0802. The summed E-state index contributed by atoms with van der Waals surface area (Å²) in [6.45, 7) is 1.48. The van der Waals surface area contributed by atoms with Crippen LogP contribution < -0.4 is 5.32 Å². The lowest BCUT2D eigenvalue weighted by molar-refractivity contribution is 0.0798. The summed E-state index contributed by atoms with van der Waals surface area (Å²) in [5.41, 5.74) is 2.87. The molecule has 0 aliphatic heterocycles. The molecule has 0 saturated heterocycles. The van der Waals surface area contributed by atoms with Gasteiger partial charge < -0.3 is 10.1 Å². The highest BCUT2D eigenvalue weighted by molar-refractivity contribution is 7.09. The average Bonchev–Trinajstić information content (AvgIpc) is 2.96. The lowest BCUT2D eigenvalue weighted by Gasteiger charge is -2.16. The second kappa shape index (κ2) is 5.90. The third kappa shape index (κ3) is 2.91. The number of likely N-dealkylation sites (N-methyl/N-ethyl adjacent to an activating group) is 1. The van der Waals surface area contributed by atoms with Crippen LogP contribution in [0.4, 0.5) is 0 Å². The lowest BCUT2D eigenvalue weighted by atomic mass is 10.2. The molecule has 5 nitrogen and oxygen atoms in total. The van der Waals surface area contributed by atoms with Crippen LogP contribution in [-0.4, -0.2) is 35.0 Å². The average molecular weight is 252 g/mol. The van der Waals surface area contributed by atoms with Crippen molar-refractivity contribution in [3.63, 3.8) is 0 Å². The Morgan fingerprint density at radius 3 is 3.06 bits per heavy atom. The topological polar surface area (TPSA) is 52.0 Å². The van der Waals surface area contributed by atoms with Gasteiger partial charge >= 0.3 is 0 Å². The quantitative estimate of drug-likeness (QED) is 0.785. The van der Waals surface area contributed by atoms with Gasteiger partial charge in [-0.25, -0.2) is 0 Å². The third-order valence-corrected chi connectivity index (χ3v) is 3.29. The van der Waals surface area contributed by atoms with Gasteiger partial charge in [-0.1, -0.05) is 0 Å². The molecular weight excluding hydrogens is 236 g/mol. The maximum atomic E-state index is 5.90. The zero-order valence-electron chi connectivity index (χ0n) is 9.96. The number of hydrogen-bond donors (Lipinski definition) is 1. The molecule has 0 aromatic carbocycles. The van der Waals surface area contributed by atoms with Crippen molar-refractivity contribution in [3.8, 4) is 0 Å². The molecular formula is C11H16N4OS. The molecule has 17 heavy (non-hydrogen) atoms. The first kappa shape index (κ1) is 12.2. The van der Waals surface area contributed by atoms with Crippen molar-refractivity contribution in [1.82, 2.24) is 20.1 Å². The standard InChI is InChI=1S/C11H16N4OS/c1-12-5-6-16-11(10-7-13-8-17-10)9-3-4-14-15(9)2/h3-4,7-8,11-12H,5-6H2,1-2H3. The molecule has 1 N–H and O–H groups in total. The van der Waals surface area contributed by atoms with Gasteiger partial charge in [0.15, 0.2) is 0 Å². The normalized spacial score (nSPS) is 12.8. The zero-order valence-corrected chi connectivity index (χ0v) is 10.8. The molecule has 0 saturated carbocycles. The van der Waals surface area contributed by atoms with Crippen LogP contribution in [0.1, 0.15) is 16.7 Å². The SMILES string of the molecule is CNCCOC(c1cncs1)c1ccnn1C. The van der Waals surface area contributed by atoms with Gasteiger partial charge in [-0.15, -0.1) is 11.3 Å². The lowest BCUT2D eigenvalue weighted by Crippen LogP contribution is -2.18. The predicted octanol–water partition coefficient (Wildman–Crippen LogP) is 1.20. The Morgan fingerprint density at radius 1 is 1.59 bits per heavy atom. The highest BCUT2D eigenvalue weighted by Crippen LogP contribution is 2.27. The summed E-state index contributed by atoms with van der Waals surface area (Å²) in [7, 11) is 3.83. The Hall–Kier alpha value is -1.24. The van der Waals surface area contributed by atoms with Crippen LogP contribution in [0, 0.1) is 0 Å². The van der Waals surface area contributed by atoms with E-state index in [1.54, 1.807) is 17.5 Å². The van der Waals surface area contributed by atoms with Gasteiger partial charge in [0.2, 0.25) is 0 Å². The van der Waals surface area contributed by atoms with Crippen molar-refractivity contribution in [2.75, 3.05) is 20.2 Å². The summed E-state index contributed by atoms with van der Waals surface area (Å²) in [6.07, 6.45) is 3.55. The van der Waals surface area contributed by atoms with Crippen molar-refractivity contribution in [1.29, 1.82) is 0 Å². The number of ether oxygens (including phenoxy) is 1. The Bertz CT molecular complexity index is 440. The number of aromatic nitrogens is 3. The summed E-state index contributed by atoms with van der Waals surface area (Å²) in [6, 6.07) is 1.98. The number of rotatable bonds is 6. The van der Waals surface area contributed by atoms with E-state index in [2.05, 4.69) is 15.4 Å². The van der Waals surface area contributed by atoms with Gasteiger partial charge in [0.25, 0.3) is 0 Å². The second-order valence-electron chi connectivity index (χ2n) is 3.64. The van der Waals surface area contributed by atoms with Crippen LogP contribution in [0.25, 0.3) is 0 Å². The fourth-order valence-electron chi connectivity index (χ4n) is 1.59. The molecule has 92 valence electrons. The number of nitrogens with zero attached hydrogens (tertiary/aromatic N) is 3. The smallest absolute Gasteiger partial charge is 0.135 e. The molecule has 0 fully saturated rings. The highest BCUT2D eigenvalue weighted by Gasteiger charge is 2.19. The van der Waals surface area contributed by atoms with E-state index in [0.29, 0.717) is 6.61 Å². The maximum absolute atomic E-state index is 5.90. The summed E-state index contributed by atoms with van der Waals surface area (Å²) in [4.78, 5) is 5.21. The first-order valence-electron chi connectivity index (χ1n) is 5.45. The first-order valence-corrected chi connectivity index (χ1v) is 6.33. The Balaban J connectivity index is 2.16. The van der Waals surface area contributed by atoms with E-state index in [-0.39, 0.29) is 6.10 Å².